The normalized spacial score (nSPS) is 19.2. The minimum atomic E-state index is -4.95. The molecule has 174 valence electrons. The van der Waals surface area contributed by atoms with E-state index in [1.165, 1.54) is 6.07 Å². The SMILES string of the molecule is O=C(NCC1CC(S(=O)(=O)c2cccc(OC(F)(F)F)c2)C1)c1ccc(C(F)(F)F)cc1. The van der Waals surface area contributed by atoms with E-state index in [0.717, 1.165) is 42.5 Å². The van der Waals surface area contributed by atoms with Crippen molar-refractivity contribution >= 4 is 15.7 Å². The van der Waals surface area contributed by atoms with Crippen molar-refractivity contribution in [3.63, 3.8) is 0 Å². The molecule has 1 aliphatic carbocycles. The van der Waals surface area contributed by atoms with Crippen molar-refractivity contribution in [2.75, 3.05) is 6.54 Å². The molecular formula is C20H17F6NO4S. The number of rotatable bonds is 6. The number of ether oxygens (including phenoxy) is 1. The number of benzene rings is 2. The topological polar surface area (TPSA) is 72.5 Å². The number of carbonyl (C=O) groups excluding carboxylic acids is 1. The minimum absolute atomic E-state index is 0.0305. The number of halogens is 6. The fourth-order valence-corrected chi connectivity index (χ4v) is 5.27. The van der Waals surface area contributed by atoms with E-state index in [4.69, 9.17) is 0 Å². The van der Waals surface area contributed by atoms with Crippen LogP contribution < -0.4 is 10.1 Å². The first-order valence-electron chi connectivity index (χ1n) is 9.31. The van der Waals surface area contributed by atoms with E-state index in [0.29, 0.717) is 0 Å². The number of sulfone groups is 1. The van der Waals surface area contributed by atoms with E-state index in [9.17, 15) is 39.6 Å². The second kappa shape index (κ2) is 8.64. The van der Waals surface area contributed by atoms with Gasteiger partial charge in [-0.1, -0.05) is 6.07 Å². The maximum Gasteiger partial charge on any atom is 0.573 e. The van der Waals surface area contributed by atoms with E-state index in [2.05, 4.69) is 10.1 Å². The molecule has 5 nitrogen and oxygen atoms in total. The second-order valence-electron chi connectivity index (χ2n) is 7.31. The molecule has 32 heavy (non-hydrogen) atoms. The monoisotopic (exact) mass is 481 g/mol. The van der Waals surface area contributed by atoms with Crippen LogP contribution in [0.2, 0.25) is 0 Å². The molecule has 0 radical (unpaired) electrons. The van der Waals surface area contributed by atoms with E-state index in [1.807, 2.05) is 0 Å². The van der Waals surface area contributed by atoms with Crippen LogP contribution in [0.3, 0.4) is 0 Å². The first-order valence-corrected chi connectivity index (χ1v) is 10.9. The highest BCUT2D eigenvalue weighted by Gasteiger charge is 2.40. The summed E-state index contributed by atoms with van der Waals surface area (Å²) in [5, 5.41) is 1.72. The number of amides is 1. The third-order valence-corrected chi connectivity index (χ3v) is 7.20. The number of alkyl halides is 6. The zero-order valence-electron chi connectivity index (χ0n) is 16.2. The summed E-state index contributed by atoms with van der Waals surface area (Å²) in [5.41, 5.74) is -0.853. The Hall–Kier alpha value is -2.76. The van der Waals surface area contributed by atoms with Gasteiger partial charge >= 0.3 is 12.5 Å². The van der Waals surface area contributed by atoms with Gasteiger partial charge in [0.15, 0.2) is 9.84 Å². The Morgan fingerprint density at radius 2 is 1.62 bits per heavy atom. The largest absolute Gasteiger partial charge is 0.573 e. The van der Waals surface area contributed by atoms with Crippen LogP contribution >= 0.6 is 0 Å². The highest BCUT2D eigenvalue weighted by Crippen LogP contribution is 2.37. The van der Waals surface area contributed by atoms with E-state index in [-0.39, 0.29) is 35.8 Å². The van der Waals surface area contributed by atoms with Gasteiger partial charge in [0.1, 0.15) is 5.75 Å². The minimum Gasteiger partial charge on any atom is -0.406 e. The summed E-state index contributed by atoms with van der Waals surface area (Å²) in [4.78, 5) is 11.8. The first-order chi connectivity index (χ1) is 14.8. The van der Waals surface area contributed by atoms with Crippen molar-refractivity contribution in [1.29, 1.82) is 0 Å². The average Bonchev–Trinajstić information content (AvgIpc) is 2.64. The molecule has 1 N–H and O–H groups in total. The average molecular weight is 481 g/mol. The summed E-state index contributed by atoms with van der Waals surface area (Å²) in [6.45, 7) is 0.114. The van der Waals surface area contributed by atoms with Gasteiger partial charge in [0, 0.05) is 12.1 Å². The Morgan fingerprint density at radius 3 is 2.19 bits per heavy atom. The van der Waals surface area contributed by atoms with E-state index >= 15 is 0 Å². The molecule has 0 bridgehead atoms. The lowest BCUT2D eigenvalue weighted by Gasteiger charge is -2.35. The Labute approximate surface area is 179 Å². The fourth-order valence-electron chi connectivity index (χ4n) is 3.29. The molecule has 0 aliphatic heterocycles. The number of carbonyl (C=O) groups is 1. The van der Waals surface area contributed by atoms with Gasteiger partial charge in [-0.2, -0.15) is 13.2 Å². The van der Waals surface area contributed by atoms with Gasteiger partial charge in [-0.15, -0.1) is 13.2 Å². The van der Waals surface area contributed by atoms with Crippen molar-refractivity contribution in [2.24, 2.45) is 5.92 Å². The molecule has 0 spiro atoms. The molecule has 12 heteroatoms. The molecular weight excluding hydrogens is 464 g/mol. The van der Waals surface area contributed by atoms with Gasteiger partial charge in [0.2, 0.25) is 0 Å². The van der Waals surface area contributed by atoms with E-state index in [1.54, 1.807) is 0 Å². The van der Waals surface area contributed by atoms with Crippen LogP contribution in [0.1, 0.15) is 28.8 Å². The maximum atomic E-state index is 12.6. The quantitative estimate of drug-likeness (QED) is 0.613. The number of hydrogen-bond donors (Lipinski definition) is 1. The molecule has 1 fully saturated rings. The molecule has 0 atom stereocenters. The summed E-state index contributed by atoms with van der Waals surface area (Å²) in [7, 11) is -3.89. The Balaban J connectivity index is 1.53. The smallest absolute Gasteiger partial charge is 0.406 e. The Morgan fingerprint density at radius 1 is 1.00 bits per heavy atom. The number of hydrogen-bond acceptors (Lipinski definition) is 4. The van der Waals surface area contributed by atoms with E-state index < -0.39 is 44.8 Å². The van der Waals surface area contributed by atoms with Gasteiger partial charge < -0.3 is 10.1 Å². The zero-order valence-corrected chi connectivity index (χ0v) is 17.0. The molecule has 0 aromatic heterocycles. The fraction of sp³-hybridized carbons (Fsp3) is 0.350. The maximum absolute atomic E-state index is 12.6. The third-order valence-electron chi connectivity index (χ3n) is 5.02. The zero-order chi connectivity index (χ0) is 23.7. The predicted molar refractivity (Wildman–Crippen MR) is 101 cm³/mol. The molecule has 1 aliphatic rings. The summed E-state index contributed by atoms with van der Waals surface area (Å²) >= 11 is 0. The van der Waals surface area contributed by atoms with Crippen LogP contribution in [0.5, 0.6) is 5.75 Å². The highest BCUT2D eigenvalue weighted by molar-refractivity contribution is 7.92. The van der Waals surface area contributed by atoms with Crippen LogP contribution in [-0.4, -0.2) is 32.5 Å². The van der Waals surface area contributed by atoms with Gasteiger partial charge in [-0.3, -0.25) is 4.79 Å². The van der Waals surface area contributed by atoms with Gasteiger partial charge in [-0.05, 0) is 61.2 Å². The molecule has 3 rings (SSSR count). The van der Waals surface area contributed by atoms with Crippen LogP contribution in [0.25, 0.3) is 0 Å². The summed E-state index contributed by atoms with van der Waals surface area (Å²) in [5.74, 6) is -1.43. The molecule has 1 amide bonds. The molecule has 1 saturated carbocycles. The molecule has 2 aromatic carbocycles. The standard InChI is InChI=1S/C20H17F6NO4S/c21-19(22,23)14-6-4-13(5-7-14)18(28)27-11-12-8-17(9-12)32(29,30)16-3-1-2-15(10-16)31-20(24,25)26/h1-7,10,12,17H,8-9,11H2,(H,27,28). The molecule has 0 heterocycles. The third kappa shape index (κ3) is 5.72. The summed E-state index contributed by atoms with van der Waals surface area (Å²) in [6.07, 6.45) is -9.10. The molecule has 0 saturated heterocycles. The molecule has 0 unspecified atom stereocenters. The van der Waals surface area contributed by atoms with Crippen molar-refractivity contribution in [3.8, 4) is 5.75 Å². The number of nitrogens with one attached hydrogen (secondary N) is 1. The van der Waals surface area contributed by atoms with Gasteiger partial charge in [0.05, 0.1) is 15.7 Å². The van der Waals surface area contributed by atoms with Crippen LogP contribution in [-0.2, 0) is 16.0 Å². The Bertz CT molecular complexity index is 1070. The van der Waals surface area contributed by atoms with Crippen molar-refractivity contribution in [1.82, 2.24) is 5.32 Å². The predicted octanol–water partition coefficient (Wildman–Crippen LogP) is 4.59. The lowest BCUT2D eigenvalue weighted by Crippen LogP contribution is -2.42. The van der Waals surface area contributed by atoms with Crippen molar-refractivity contribution < 1.29 is 44.3 Å². The first kappa shape index (κ1) is 23.9. The Kier molecular flexibility index (Phi) is 6.45. The van der Waals surface area contributed by atoms with Gasteiger partial charge in [0.25, 0.3) is 5.91 Å². The summed E-state index contributed by atoms with van der Waals surface area (Å²) in [6, 6.07) is 7.79. The lowest BCUT2D eigenvalue weighted by molar-refractivity contribution is -0.274. The second-order valence-corrected chi connectivity index (χ2v) is 9.54. The van der Waals surface area contributed by atoms with Gasteiger partial charge in [-0.25, -0.2) is 8.42 Å². The molecule has 2 aromatic rings. The van der Waals surface area contributed by atoms with Crippen LogP contribution in [0.4, 0.5) is 26.3 Å². The summed E-state index contributed by atoms with van der Waals surface area (Å²) < 4.78 is 104. The van der Waals surface area contributed by atoms with Crippen molar-refractivity contribution in [2.45, 2.75) is 35.5 Å². The van der Waals surface area contributed by atoms with Crippen LogP contribution in [0.15, 0.2) is 53.4 Å². The van der Waals surface area contributed by atoms with Crippen molar-refractivity contribution in [3.05, 3.63) is 59.7 Å². The van der Waals surface area contributed by atoms with Crippen LogP contribution in [0, 0.1) is 5.92 Å². The lowest BCUT2D eigenvalue weighted by atomic mass is 9.84. The highest BCUT2D eigenvalue weighted by atomic mass is 32.2.